The van der Waals surface area contributed by atoms with E-state index in [1.165, 1.54) is 31.4 Å². The van der Waals surface area contributed by atoms with Crippen LogP contribution in [0.2, 0.25) is 0 Å². The molecule has 2 unspecified atom stereocenters. The van der Waals surface area contributed by atoms with Crippen molar-refractivity contribution in [1.82, 2.24) is 20.2 Å². The second kappa shape index (κ2) is 7.70. The number of aryl methyl sites for hydroxylation is 1. The zero-order chi connectivity index (χ0) is 14.4. The van der Waals surface area contributed by atoms with Crippen LogP contribution in [0.3, 0.4) is 0 Å². The Morgan fingerprint density at radius 2 is 2.25 bits per heavy atom. The van der Waals surface area contributed by atoms with Crippen molar-refractivity contribution in [3.05, 3.63) is 23.8 Å². The highest BCUT2D eigenvalue weighted by atomic mass is 15.2. The Kier molecular flexibility index (Phi) is 5.92. The molecule has 0 spiro atoms. The number of likely N-dealkylation sites (tertiary alicyclic amines) is 1. The second-order valence-electron chi connectivity index (χ2n) is 5.91. The van der Waals surface area contributed by atoms with Gasteiger partial charge >= 0.3 is 0 Å². The largest absolute Gasteiger partial charge is 0.316 e. The summed E-state index contributed by atoms with van der Waals surface area (Å²) in [5.74, 6) is 1.52. The molecule has 20 heavy (non-hydrogen) atoms. The zero-order valence-corrected chi connectivity index (χ0v) is 13.1. The van der Waals surface area contributed by atoms with Crippen LogP contribution in [0.4, 0.5) is 0 Å². The average Bonchev–Trinajstić information content (AvgIpc) is 2.61. The first kappa shape index (κ1) is 15.4. The van der Waals surface area contributed by atoms with Gasteiger partial charge in [0.05, 0.1) is 11.7 Å². The number of hydrogen-bond acceptors (Lipinski definition) is 4. The number of hydrogen-bond donors (Lipinski definition) is 1. The van der Waals surface area contributed by atoms with Gasteiger partial charge < -0.3 is 5.32 Å². The Bertz CT molecular complexity index is 407. The van der Waals surface area contributed by atoms with Crippen LogP contribution in [0.1, 0.15) is 50.2 Å². The Morgan fingerprint density at radius 1 is 1.40 bits per heavy atom. The van der Waals surface area contributed by atoms with Gasteiger partial charge in [-0.15, -0.1) is 0 Å². The Morgan fingerprint density at radius 3 is 3.00 bits per heavy atom. The van der Waals surface area contributed by atoms with Gasteiger partial charge in [-0.2, -0.15) is 0 Å². The van der Waals surface area contributed by atoms with Gasteiger partial charge in [0.15, 0.2) is 0 Å². The maximum Gasteiger partial charge on any atom is 0.125 e. The summed E-state index contributed by atoms with van der Waals surface area (Å²) >= 11 is 0. The molecule has 4 heteroatoms. The molecular formula is C16H28N4. The molecule has 0 aliphatic carbocycles. The normalized spacial score (nSPS) is 24.6. The quantitative estimate of drug-likeness (QED) is 0.839. The van der Waals surface area contributed by atoms with E-state index in [0.717, 1.165) is 25.5 Å². The third-order valence-electron chi connectivity index (χ3n) is 4.19. The first-order valence-corrected chi connectivity index (χ1v) is 7.93. The zero-order valence-electron chi connectivity index (χ0n) is 13.1. The Hall–Kier alpha value is -1.00. The maximum atomic E-state index is 4.69. The van der Waals surface area contributed by atoms with E-state index in [-0.39, 0.29) is 0 Å². The number of aromatic nitrogens is 2. The molecule has 0 radical (unpaired) electrons. The molecule has 0 aromatic carbocycles. The summed E-state index contributed by atoms with van der Waals surface area (Å²) in [6.45, 7) is 7.56. The summed E-state index contributed by atoms with van der Waals surface area (Å²) in [7, 11) is 2.24. The van der Waals surface area contributed by atoms with E-state index in [4.69, 9.17) is 0 Å². The number of nitrogens with zero attached hydrogens (tertiary/aromatic N) is 3. The lowest BCUT2D eigenvalue weighted by Gasteiger charge is -2.32. The molecule has 1 aliphatic rings. The molecule has 1 fully saturated rings. The van der Waals surface area contributed by atoms with E-state index in [1.807, 2.05) is 13.1 Å². The minimum absolute atomic E-state index is 0.420. The number of rotatable bonds is 5. The average molecular weight is 276 g/mol. The predicted molar refractivity (Wildman–Crippen MR) is 82.6 cm³/mol. The molecule has 2 rings (SSSR count). The van der Waals surface area contributed by atoms with Crippen LogP contribution < -0.4 is 5.32 Å². The standard InChI is InChI=1S/C16H28N4/c1-4-9-17-12-14-7-5-6-11-20(3)16(14)15-8-10-18-13(2)19-15/h8,10,14,16-17H,4-7,9,11-12H2,1-3H3. The monoisotopic (exact) mass is 276 g/mol. The minimum atomic E-state index is 0.420. The van der Waals surface area contributed by atoms with Crippen LogP contribution in [-0.2, 0) is 0 Å². The first-order valence-electron chi connectivity index (χ1n) is 7.93. The molecule has 1 aromatic rings. The van der Waals surface area contributed by atoms with E-state index in [0.29, 0.717) is 12.0 Å². The molecule has 1 N–H and O–H groups in total. The molecule has 1 aromatic heterocycles. The Labute approximate surface area is 123 Å². The Balaban J connectivity index is 2.16. The van der Waals surface area contributed by atoms with Crippen molar-refractivity contribution in [2.45, 2.75) is 45.6 Å². The van der Waals surface area contributed by atoms with Crippen molar-refractivity contribution in [3.8, 4) is 0 Å². The highest BCUT2D eigenvalue weighted by Gasteiger charge is 2.29. The summed E-state index contributed by atoms with van der Waals surface area (Å²) in [5.41, 5.74) is 1.19. The highest BCUT2D eigenvalue weighted by molar-refractivity contribution is 5.10. The van der Waals surface area contributed by atoms with Crippen molar-refractivity contribution in [2.75, 3.05) is 26.7 Å². The van der Waals surface area contributed by atoms with E-state index in [2.05, 4.69) is 40.2 Å². The van der Waals surface area contributed by atoms with Gasteiger partial charge in [-0.05, 0) is 64.9 Å². The summed E-state index contributed by atoms with van der Waals surface area (Å²) in [4.78, 5) is 11.4. The fraction of sp³-hybridized carbons (Fsp3) is 0.750. The van der Waals surface area contributed by atoms with Gasteiger partial charge in [0.2, 0.25) is 0 Å². The summed E-state index contributed by atoms with van der Waals surface area (Å²) in [6.07, 6.45) is 6.99. The highest BCUT2D eigenvalue weighted by Crippen LogP contribution is 2.32. The van der Waals surface area contributed by atoms with Crippen molar-refractivity contribution < 1.29 is 0 Å². The summed E-state index contributed by atoms with van der Waals surface area (Å²) in [5, 5.41) is 3.60. The van der Waals surface area contributed by atoms with Gasteiger partial charge in [-0.25, -0.2) is 9.97 Å². The molecule has 1 saturated heterocycles. The molecule has 0 amide bonds. The maximum absolute atomic E-state index is 4.69. The molecule has 112 valence electrons. The van der Waals surface area contributed by atoms with Crippen molar-refractivity contribution in [3.63, 3.8) is 0 Å². The van der Waals surface area contributed by atoms with Crippen LogP contribution in [0.5, 0.6) is 0 Å². The lowest BCUT2D eigenvalue weighted by atomic mass is 9.92. The van der Waals surface area contributed by atoms with Crippen LogP contribution in [0, 0.1) is 12.8 Å². The topological polar surface area (TPSA) is 41.0 Å². The molecule has 1 aliphatic heterocycles. The minimum Gasteiger partial charge on any atom is -0.316 e. The molecule has 2 heterocycles. The molecule has 4 nitrogen and oxygen atoms in total. The summed E-state index contributed by atoms with van der Waals surface area (Å²) in [6, 6.07) is 2.51. The van der Waals surface area contributed by atoms with Crippen molar-refractivity contribution in [1.29, 1.82) is 0 Å². The van der Waals surface area contributed by atoms with Crippen LogP contribution >= 0.6 is 0 Å². The van der Waals surface area contributed by atoms with Gasteiger partial charge in [0.1, 0.15) is 5.82 Å². The van der Waals surface area contributed by atoms with Crippen molar-refractivity contribution >= 4 is 0 Å². The molecule has 0 bridgehead atoms. The van der Waals surface area contributed by atoms with Gasteiger partial charge in [0, 0.05) is 6.20 Å². The smallest absolute Gasteiger partial charge is 0.125 e. The lowest BCUT2D eigenvalue weighted by molar-refractivity contribution is 0.184. The molecule has 2 atom stereocenters. The van der Waals surface area contributed by atoms with E-state index < -0.39 is 0 Å². The van der Waals surface area contributed by atoms with Crippen LogP contribution in [-0.4, -0.2) is 41.5 Å². The van der Waals surface area contributed by atoms with Gasteiger partial charge in [-0.1, -0.05) is 13.3 Å². The van der Waals surface area contributed by atoms with Crippen LogP contribution in [0.15, 0.2) is 12.3 Å². The molecule has 0 saturated carbocycles. The fourth-order valence-electron chi connectivity index (χ4n) is 3.21. The SMILES string of the molecule is CCCNCC1CCCCN(C)C1c1ccnc(C)n1. The first-order chi connectivity index (χ1) is 9.72. The summed E-state index contributed by atoms with van der Waals surface area (Å²) < 4.78 is 0. The third kappa shape index (κ3) is 4.00. The van der Waals surface area contributed by atoms with Gasteiger partial charge in [-0.3, -0.25) is 4.90 Å². The van der Waals surface area contributed by atoms with Gasteiger partial charge in [0.25, 0.3) is 0 Å². The fourth-order valence-corrected chi connectivity index (χ4v) is 3.21. The van der Waals surface area contributed by atoms with E-state index in [1.54, 1.807) is 0 Å². The van der Waals surface area contributed by atoms with Crippen molar-refractivity contribution in [2.24, 2.45) is 5.92 Å². The lowest BCUT2D eigenvalue weighted by Crippen LogP contribution is -2.35. The second-order valence-corrected chi connectivity index (χ2v) is 5.91. The third-order valence-corrected chi connectivity index (χ3v) is 4.19. The van der Waals surface area contributed by atoms with E-state index >= 15 is 0 Å². The van der Waals surface area contributed by atoms with E-state index in [9.17, 15) is 0 Å². The number of nitrogens with one attached hydrogen (secondary N) is 1. The predicted octanol–water partition coefficient (Wildman–Crippen LogP) is 2.56. The molecular weight excluding hydrogens is 248 g/mol. The van der Waals surface area contributed by atoms with Crippen LogP contribution in [0.25, 0.3) is 0 Å².